The first-order valence-corrected chi connectivity index (χ1v) is 8.36. The van der Waals surface area contributed by atoms with Gasteiger partial charge in [-0.15, -0.1) is 6.42 Å². The van der Waals surface area contributed by atoms with Crippen molar-refractivity contribution < 1.29 is 14.3 Å². The molecule has 1 saturated carbocycles. The highest BCUT2D eigenvalue weighted by Gasteiger charge is 2.22. The first-order valence-electron chi connectivity index (χ1n) is 8.36. The lowest BCUT2D eigenvalue weighted by atomic mass is 9.90. The Hall–Kier alpha value is -1.95. The zero-order valence-electron chi connectivity index (χ0n) is 14.4. The molecule has 1 fully saturated rings. The molecule has 23 heavy (non-hydrogen) atoms. The Morgan fingerprint density at radius 2 is 1.96 bits per heavy atom. The fourth-order valence-corrected chi connectivity index (χ4v) is 2.80. The third-order valence-corrected chi connectivity index (χ3v) is 3.96. The number of rotatable bonds is 4. The van der Waals surface area contributed by atoms with Gasteiger partial charge in [-0.25, -0.2) is 4.79 Å². The number of terminal acetylenes is 1. The van der Waals surface area contributed by atoms with Crippen molar-refractivity contribution in [1.82, 2.24) is 0 Å². The van der Waals surface area contributed by atoms with Gasteiger partial charge in [-0.1, -0.05) is 25.2 Å². The second-order valence-electron chi connectivity index (χ2n) is 7.17. The normalized spacial score (nSPS) is 15.7. The van der Waals surface area contributed by atoms with E-state index in [1.807, 2.05) is 20.8 Å². The van der Waals surface area contributed by atoms with E-state index in [4.69, 9.17) is 15.9 Å². The summed E-state index contributed by atoms with van der Waals surface area (Å²) in [6, 6.07) is 5.24. The third kappa shape index (κ3) is 5.32. The van der Waals surface area contributed by atoms with Gasteiger partial charge in [0.15, 0.2) is 0 Å². The highest BCUT2D eigenvalue weighted by Crippen LogP contribution is 2.27. The predicted molar refractivity (Wildman–Crippen MR) is 91.6 cm³/mol. The molecule has 2 rings (SSSR count). The number of carbonyl (C=O) groups excluding carboxylic acids is 1. The van der Waals surface area contributed by atoms with Gasteiger partial charge in [0.25, 0.3) is 0 Å². The largest absolute Gasteiger partial charge is 0.492 e. The van der Waals surface area contributed by atoms with Crippen LogP contribution in [0.5, 0.6) is 5.75 Å². The SMILES string of the molecule is C#Cc1ccc(OCC2CCCCC2)c(C(=O)OC(C)(C)C)c1. The van der Waals surface area contributed by atoms with E-state index >= 15 is 0 Å². The second kappa shape index (κ2) is 7.55. The monoisotopic (exact) mass is 314 g/mol. The molecule has 0 aromatic heterocycles. The van der Waals surface area contributed by atoms with Gasteiger partial charge >= 0.3 is 5.97 Å². The van der Waals surface area contributed by atoms with E-state index in [0.717, 1.165) is 0 Å². The van der Waals surface area contributed by atoms with E-state index in [9.17, 15) is 4.79 Å². The maximum atomic E-state index is 12.4. The second-order valence-corrected chi connectivity index (χ2v) is 7.17. The van der Waals surface area contributed by atoms with Crippen LogP contribution in [0.3, 0.4) is 0 Å². The molecule has 0 radical (unpaired) electrons. The fourth-order valence-electron chi connectivity index (χ4n) is 2.80. The Balaban J connectivity index is 2.14. The van der Waals surface area contributed by atoms with Crippen LogP contribution in [-0.4, -0.2) is 18.2 Å². The van der Waals surface area contributed by atoms with Gasteiger partial charge in [-0.05, 0) is 57.7 Å². The smallest absolute Gasteiger partial charge is 0.342 e. The van der Waals surface area contributed by atoms with E-state index in [0.29, 0.717) is 29.4 Å². The molecule has 0 bridgehead atoms. The Kier molecular flexibility index (Phi) is 5.71. The predicted octanol–water partition coefficient (Wildman–Crippen LogP) is 4.58. The van der Waals surface area contributed by atoms with E-state index in [2.05, 4.69) is 5.92 Å². The molecule has 1 aliphatic rings. The molecule has 124 valence electrons. The Bertz CT molecular complexity index is 584. The minimum atomic E-state index is -0.552. The van der Waals surface area contributed by atoms with E-state index in [1.54, 1.807) is 18.2 Å². The Labute approximate surface area is 139 Å². The van der Waals surface area contributed by atoms with Gasteiger partial charge in [-0.2, -0.15) is 0 Å². The van der Waals surface area contributed by atoms with Crippen molar-refractivity contribution in [3.05, 3.63) is 29.3 Å². The lowest BCUT2D eigenvalue weighted by Crippen LogP contribution is -2.24. The van der Waals surface area contributed by atoms with Crippen molar-refractivity contribution in [2.45, 2.75) is 58.5 Å². The number of hydrogen-bond donors (Lipinski definition) is 0. The quantitative estimate of drug-likeness (QED) is 0.602. The van der Waals surface area contributed by atoms with Gasteiger partial charge in [0.2, 0.25) is 0 Å². The molecule has 3 nitrogen and oxygen atoms in total. The molecule has 1 aromatic rings. The number of carbonyl (C=O) groups is 1. The molecule has 0 heterocycles. The van der Waals surface area contributed by atoms with Crippen molar-refractivity contribution in [3.8, 4) is 18.1 Å². The van der Waals surface area contributed by atoms with Crippen LogP contribution in [-0.2, 0) is 4.74 Å². The first-order chi connectivity index (χ1) is 10.9. The fraction of sp³-hybridized carbons (Fsp3) is 0.550. The lowest BCUT2D eigenvalue weighted by molar-refractivity contribution is 0.00650. The first kappa shape index (κ1) is 17.4. The standard InChI is InChI=1S/C20H26O3/c1-5-15-11-12-18(22-14-16-9-7-6-8-10-16)17(13-15)19(21)23-20(2,3)4/h1,11-13,16H,6-10,14H2,2-4H3. The molecule has 0 atom stereocenters. The molecule has 0 amide bonds. The van der Waals surface area contributed by atoms with Gasteiger partial charge in [0.1, 0.15) is 16.9 Å². The van der Waals surface area contributed by atoms with Gasteiger partial charge in [-0.3, -0.25) is 0 Å². The summed E-state index contributed by atoms with van der Waals surface area (Å²) in [6.45, 7) is 6.18. The van der Waals surface area contributed by atoms with Crippen LogP contribution in [0.15, 0.2) is 18.2 Å². The summed E-state index contributed by atoms with van der Waals surface area (Å²) >= 11 is 0. The lowest BCUT2D eigenvalue weighted by Gasteiger charge is -2.23. The molecule has 1 aromatic carbocycles. The van der Waals surface area contributed by atoms with Crippen LogP contribution in [0.1, 0.15) is 68.8 Å². The van der Waals surface area contributed by atoms with Gasteiger partial charge in [0, 0.05) is 5.56 Å². The van der Waals surface area contributed by atoms with Gasteiger partial charge < -0.3 is 9.47 Å². The van der Waals surface area contributed by atoms with Crippen LogP contribution >= 0.6 is 0 Å². The summed E-state index contributed by atoms with van der Waals surface area (Å²) in [4.78, 5) is 12.4. The van der Waals surface area contributed by atoms with Gasteiger partial charge in [0.05, 0.1) is 6.61 Å². The highest BCUT2D eigenvalue weighted by molar-refractivity contribution is 5.93. The summed E-state index contributed by atoms with van der Waals surface area (Å²) in [5, 5.41) is 0. The summed E-state index contributed by atoms with van der Waals surface area (Å²) in [6.07, 6.45) is 11.7. The van der Waals surface area contributed by atoms with E-state index in [-0.39, 0.29) is 0 Å². The molecule has 0 aliphatic heterocycles. The highest BCUT2D eigenvalue weighted by atomic mass is 16.6. The van der Waals surface area contributed by atoms with Crippen molar-refractivity contribution in [1.29, 1.82) is 0 Å². The minimum absolute atomic E-state index is 0.395. The number of ether oxygens (including phenoxy) is 2. The molecule has 3 heteroatoms. The maximum absolute atomic E-state index is 12.4. The molecule has 0 N–H and O–H groups in total. The van der Waals surface area contributed by atoms with Crippen molar-refractivity contribution >= 4 is 5.97 Å². The summed E-state index contributed by atoms with van der Waals surface area (Å²) in [7, 11) is 0. The van der Waals surface area contributed by atoms with Crippen molar-refractivity contribution in [2.75, 3.05) is 6.61 Å². The maximum Gasteiger partial charge on any atom is 0.342 e. The Morgan fingerprint density at radius 1 is 1.26 bits per heavy atom. The molecule has 0 spiro atoms. The summed E-state index contributed by atoms with van der Waals surface area (Å²) in [5.74, 6) is 3.29. The number of benzene rings is 1. The van der Waals surface area contributed by atoms with Crippen molar-refractivity contribution in [3.63, 3.8) is 0 Å². The zero-order chi connectivity index (χ0) is 16.9. The molecular formula is C20H26O3. The molecule has 0 unspecified atom stereocenters. The average Bonchev–Trinajstić information content (AvgIpc) is 2.52. The number of esters is 1. The summed E-state index contributed by atoms with van der Waals surface area (Å²) < 4.78 is 11.4. The number of hydrogen-bond acceptors (Lipinski definition) is 3. The topological polar surface area (TPSA) is 35.5 Å². The molecule has 1 aliphatic carbocycles. The van der Waals surface area contributed by atoms with Crippen LogP contribution in [0.2, 0.25) is 0 Å². The van der Waals surface area contributed by atoms with E-state index < -0.39 is 11.6 Å². The van der Waals surface area contributed by atoms with Crippen molar-refractivity contribution in [2.24, 2.45) is 5.92 Å². The minimum Gasteiger partial charge on any atom is -0.492 e. The summed E-state index contributed by atoms with van der Waals surface area (Å²) in [5.41, 5.74) is 0.506. The molecule has 0 saturated heterocycles. The third-order valence-electron chi connectivity index (χ3n) is 3.96. The average molecular weight is 314 g/mol. The van der Waals surface area contributed by atoms with E-state index in [1.165, 1.54) is 32.1 Å². The van der Waals surface area contributed by atoms with Crippen LogP contribution < -0.4 is 4.74 Å². The van der Waals surface area contributed by atoms with Crippen LogP contribution in [0, 0.1) is 18.3 Å². The molecular weight excluding hydrogens is 288 g/mol. The zero-order valence-corrected chi connectivity index (χ0v) is 14.4. The van der Waals surface area contributed by atoms with Crippen LogP contribution in [0.4, 0.5) is 0 Å². The van der Waals surface area contributed by atoms with Crippen LogP contribution in [0.25, 0.3) is 0 Å². The Morgan fingerprint density at radius 3 is 2.57 bits per heavy atom.